The number of carbonyl (C=O) groups excluding carboxylic acids is 1. The van der Waals surface area contributed by atoms with E-state index in [-0.39, 0.29) is 11.9 Å². The van der Waals surface area contributed by atoms with Crippen LogP contribution in [0.4, 0.5) is 0 Å². The maximum absolute atomic E-state index is 11.7. The van der Waals surface area contributed by atoms with Gasteiger partial charge in [0, 0.05) is 12.8 Å². The Labute approximate surface area is 116 Å². The van der Waals surface area contributed by atoms with E-state index in [2.05, 4.69) is 13.8 Å². The molecule has 1 aromatic rings. The van der Waals surface area contributed by atoms with Crippen molar-refractivity contribution in [1.29, 1.82) is 0 Å². The van der Waals surface area contributed by atoms with Gasteiger partial charge in [0.2, 0.25) is 0 Å². The van der Waals surface area contributed by atoms with Crippen LogP contribution >= 0.6 is 0 Å². The highest BCUT2D eigenvalue weighted by Gasteiger charge is 2.14. The van der Waals surface area contributed by atoms with Crippen molar-refractivity contribution in [2.24, 2.45) is 17.6 Å². The Kier molecular flexibility index (Phi) is 7.19. The molecule has 0 radical (unpaired) electrons. The van der Waals surface area contributed by atoms with Gasteiger partial charge < -0.3 is 10.5 Å². The summed E-state index contributed by atoms with van der Waals surface area (Å²) in [7, 11) is 0. The third-order valence-corrected chi connectivity index (χ3v) is 3.09. The van der Waals surface area contributed by atoms with Crippen molar-refractivity contribution in [1.82, 2.24) is 0 Å². The molecule has 0 aliphatic heterocycles. The highest BCUT2D eigenvalue weighted by molar-refractivity contribution is 5.69. The van der Waals surface area contributed by atoms with Crippen LogP contribution in [0.25, 0.3) is 0 Å². The predicted octanol–water partition coefficient (Wildman–Crippen LogP) is 2.78. The fraction of sp³-hybridized carbons (Fsp3) is 0.562. The fourth-order valence-corrected chi connectivity index (χ4v) is 2.15. The van der Waals surface area contributed by atoms with Crippen LogP contribution in [0.1, 0.15) is 32.3 Å². The van der Waals surface area contributed by atoms with Crippen LogP contribution in [-0.2, 0) is 16.0 Å². The predicted molar refractivity (Wildman–Crippen MR) is 77.7 cm³/mol. The van der Waals surface area contributed by atoms with Gasteiger partial charge in [-0.3, -0.25) is 4.79 Å². The number of ether oxygens (including phenoxy) is 1. The fourth-order valence-electron chi connectivity index (χ4n) is 2.15. The van der Waals surface area contributed by atoms with Crippen molar-refractivity contribution < 1.29 is 9.53 Å². The topological polar surface area (TPSA) is 52.3 Å². The maximum Gasteiger partial charge on any atom is 0.306 e. The molecule has 0 unspecified atom stereocenters. The number of benzene rings is 1. The number of hydrogen-bond donors (Lipinski definition) is 1. The van der Waals surface area contributed by atoms with Gasteiger partial charge in [0.1, 0.15) is 0 Å². The van der Waals surface area contributed by atoms with E-state index < -0.39 is 0 Å². The Morgan fingerprint density at radius 2 is 1.95 bits per heavy atom. The van der Waals surface area contributed by atoms with Gasteiger partial charge in [0.25, 0.3) is 0 Å². The maximum atomic E-state index is 11.7. The Balaban J connectivity index is 2.23. The summed E-state index contributed by atoms with van der Waals surface area (Å²) in [6, 6.07) is 10.0. The van der Waals surface area contributed by atoms with Crippen molar-refractivity contribution in [3.05, 3.63) is 35.9 Å². The van der Waals surface area contributed by atoms with E-state index in [0.717, 1.165) is 12.8 Å². The molecule has 0 heterocycles. The smallest absolute Gasteiger partial charge is 0.306 e. The first-order valence-corrected chi connectivity index (χ1v) is 7.01. The number of nitrogens with two attached hydrogens (primary N) is 1. The first-order chi connectivity index (χ1) is 9.11. The average Bonchev–Trinajstić information content (AvgIpc) is 2.38. The first-order valence-electron chi connectivity index (χ1n) is 7.01. The number of rotatable bonds is 8. The van der Waals surface area contributed by atoms with Gasteiger partial charge in [-0.25, -0.2) is 0 Å². The second kappa shape index (κ2) is 8.70. The van der Waals surface area contributed by atoms with Crippen molar-refractivity contribution >= 4 is 5.97 Å². The Morgan fingerprint density at radius 1 is 1.26 bits per heavy atom. The quantitative estimate of drug-likeness (QED) is 0.734. The van der Waals surface area contributed by atoms with E-state index in [1.165, 1.54) is 5.56 Å². The van der Waals surface area contributed by atoms with Gasteiger partial charge in [-0.1, -0.05) is 44.2 Å². The summed E-state index contributed by atoms with van der Waals surface area (Å²) in [5.74, 6) is 0.668. The van der Waals surface area contributed by atoms with Crippen LogP contribution in [0.5, 0.6) is 0 Å². The minimum absolute atomic E-state index is 0.132. The Hall–Kier alpha value is -1.35. The molecule has 0 saturated carbocycles. The van der Waals surface area contributed by atoms with E-state index in [9.17, 15) is 4.79 Å². The normalized spacial score (nSPS) is 12.4. The number of esters is 1. The zero-order valence-corrected chi connectivity index (χ0v) is 12.0. The Bertz CT molecular complexity index is 362. The number of hydrogen-bond acceptors (Lipinski definition) is 3. The SMILES string of the molecule is CC(C)C[C@H](CN)CC(=O)OCCc1ccccc1. The summed E-state index contributed by atoms with van der Waals surface area (Å²) in [5.41, 5.74) is 6.87. The monoisotopic (exact) mass is 263 g/mol. The van der Waals surface area contributed by atoms with Crippen LogP contribution in [0, 0.1) is 11.8 Å². The lowest BCUT2D eigenvalue weighted by molar-refractivity contribution is -0.144. The largest absolute Gasteiger partial charge is 0.465 e. The highest BCUT2D eigenvalue weighted by Crippen LogP contribution is 2.14. The highest BCUT2D eigenvalue weighted by atomic mass is 16.5. The third kappa shape index (κ3) is 6.97. The molecule has 3 heteroatoms. The van der Waals surface area contributed by atoms with E-state index in [4.69, 9.17) is 10.5 Å². The van der Waals surface area contributed by atoms with Crippen LogP contribution in [0.2, 0.25) is 0 Å². The van der Waals surface area contributed by atoms with E-state index in [1.54, 1.807) is 0 Å². The molecule has 3 nitrogen and oxygen atoms in total. The Morgan fingerprint density at radius 3 is 2.53 bits per heavy atom. The second-order valence-corrected chi connectivity index (χ2v) is 5.39. The standard InChI is InChI=1S/C16H25NO2/c1-13(2)10-15(12-17)11-16(18)19-9-8-14-6-4-3-5-7-14/h3-7,13,15H,8-12,17H2,1-2H3/t15-/m0/s1. The second-order valence-electron chi connectivity index (χ2n) is 5.39. The molecule has 0 amide bonds. The third-order valence-electron chi connectivity index (χ3n) is 3.09. The summed E-state index contributed by atoms with van der Waals surface area (Å²) >= 11 is 0. The average molecular weight is 263 g/mol. The van der Waals surface area contributed by atoms with E-state index in [0.29, 0.717) is 25.5 Å². The van der Waals surface area contributed by atoms with Crippen molar-refractivity contribution in [3.8, 4) is 0 Å². The molecule has 0 spiro atoms. The minimum Gasteiger partial charge on any atom is -0.465 e. The van der Waals surface area contributed by atoms with Gasteiger partial charge in [-0.05, 0) is 30.4 Å². The molecule has 0 bridgehead atoms. The summed E-state index contributed by atoms with van der Waals surface area (Å²) in [5, 5.41) is 0. The van der Waals surface area contributed by atoms with Crippen LogP contribution < -0.4 is 5.73 Å². The number of carbonyl (C=O) groups is 1. The molecule has 2 N–H and O–H groups in total. The van der Waals surface area contributed by atoms with Gasteiger partial charge >= 0.3 is 5.97 Å². The van der Waals surface area contributed by atoms with Gasteiger partial charge in [0.05, 0.1) is 6.61 Å². The lowest BCUT2D eigenvalue weighted by Gasteiger charge is -2.16. The molecule has 1 aromatic carbocycles. The van der Waals surface area contributed by atoms with Crippen molar-refractivity contribution in [3.63, 3.8) is 0 Å². The van der Waals surface area contributed by atoms with Crippen LogP contribution in [0.15, 0.2) is 30.3 Å². The van der Waals surface area contributed by atoms with Gasteiger partial charge in [-0.2, -0.15) is 0 Å². The summed E-state index contributed by atoms with van der Waals surface area (Å²) in [6.45, 7) is 5.28. The van der Waals surface area contributed by atoms with Crippen LogP contribution in [-0.4, -0.2) is 19.1 Å². The zero-order chi connectivity index (χ0) is 14.1. The molecule has 0 aromatic heterocycles. The van der Waals surface area contributed by atoms with Crippen molar-refractivity contribution in [2.75, 3.05) is 13.2 Å². The molecule has 0 fully saturated rings. The van der Waals surface area contributed by atoms with Crippen LogP contribution in [0.3, 0.4) is 0 Å². The summed E-state index contributed by atoms with van der Waals surface area (Å²) < 4.78 is 5.27. The van der Waals surface area contributed by atoms with E-state index in [1.807, 2.05) is 30.3 Å². The minimum atomic E-state index is -0.132. The lowest BCUT2D eigenvalue weighted by Crippen LogP contribution is -2.21. The zero-order valence-electron chi connectivity index (χ0n) is 12.0. The molecular weight excluding hydrogens is 238 g/mol. The first kappa shape index (κ1) is 15.7. The molecule has 0 saturated heterocycles. The summed E-state index contributed by atoms with van der Waals surface area (Å²) in [4.78, 5) is 11.7. The molecule has 1 atom stereocenters. The van der Waals surface area contributed by atoms with E-state index >= 15 is 0 Å². The molecule has 1 rings (SSSR count). The summed E-state index contributed by atoms with van der Waals surface area (Å²) in [6.07, 6.45) is 2.18. The van der Waals surface area contributed by atoms with Gasteiger partial charge in [0.15, 0.2) is 0 Å². The molecular formula is C16H25NO2. The molecule has 0 aliphatic rings. The molecule has 0 aliphatic carbocycles. The van der Waals surface area contributed by atoms with Gasteiger partial charge in [-0.15, -0.1) is 0 Å². The molecule has 19 heavy (non-hydrogen) atoms. The lowest BCUT2D eigenvalue weighted by atomic mass is 9.94. The van der Waals surface area contributed by atoms with Crippen molar-refractivity contribution in [2.45, 2.75) is 33.1 Å². The molecule has 106 valence electrons.